The largest absolute Gasteiger partial charge is 0.386 e. The molecule has 0 bridgehead atoms. The molecule has 2 nitrogen and oxygen atoms in total. The van der Waals surface area contributed by atoms with Crippen LogP contribution in [0.4, 0.5) is 0 Å². The molecule has 1 rings (SSSR count). The lowest BCUT2D eigenvalue weighted by Crippen LogP contribution is -2.34. The van der Waals surface area contributed by atoms with E-state index in [0.717, 1.165) is 23.5 Å². The Morgan fingerprint density at radius 3 is 2.47 bits per heavy atom. The molecule has 1 aliphatic carbocycles. The Labute approximate surface area is 98.5 Å². The first kappa shape index (κ1) is 12.5. The summed E-state index contributed by atoms with van der Waals surface area (Å²) >= 11 is 5.16. The average molecular weight is 226 g/mol. The standard InChI is InChI=1S/C12H22N2S/c1-12(2,3)6-5-7-14-9-8-10(15)11(9)13-4/h13-14H,5-8H2,1-4H3. The topological polar surface area (TPSA) is 24.1 Å². The van der Waals surface area contributed by atoms with Crippen molar-refractivity contribution >= 4 is 17.1 Å². The molecule has 0 aromatic carbocycles. The van der Waals surface area contributed by atoms with E-state index in [1.54, 1.807) is 0 Å². The van der Waals surface area contributed by atoms with Crippen molar-refractivity contribution in [2.45, 2.75) is 40.0 Å². The predicted octanol–water partition coefficient (Wildman–Crippen LogP) is 2.61. The van der Waals surface area contributed by atoms with Crippen molar-refractivity contribution in [3.05, 3.63) is 11.4 Å². The minimum absolute atomic E-state index is 0.441. The highest BCUT2D eigenvalue weighted by Gasteiger charge is 2.21. The number of thiocarbonyl (C=S) groups is 1. The molecule has 0 aromatic heterocycles. The summed E-state index contributed by atoms with van der Waals surface area (Å²) in [5.41, 5.74) is 2.87. The lowest BCUT2D eigenvalue weighted by atomic mass is 9.90. The maximum Gasteiger partial charge on any atom is 0.0679 e. The summed E-state index contributed by atoms with van der Waals surface area (Å²) in [6.07, 6.45) is 3.42. The first-order valence-electron chi connectivity index (χ1n) is 5.62. The SMILES string of the molecule is CNC1=C(NCCCC(C)(C)C)CC1=S. The van der Waals surface area contributed by atoms with Gasteiger partial charge in [0.15, 0.2) is 0 Å². The molecule has 0 unspecified atom stereocenters. The van der Waals surface area contributed by atoms with Crippen LogP contribution in [0.2, 0.25) is 0 Å². The molecule has 0 saturated heterocycles. The molecule has 0 atom stereocenters. The van der Waals surface area contributed by atoms with Crippen molar-refractivity contribution in [3.8, 4) is 0 Å². The van der Waals surface area contributed by atoms with Crippen molar-refractivity contribution in [1.82, 2.24) is 10.6 Å². The smallest absolute Gasteiger partial charge is 0.0679 e. The molecule has 15 heavy (non-hydrogen) atoms. The van der Waals surface area contributed by atoms with Gasteiger partial charge in [-0.1, -0.05) is 33.0 Å². The zero-order valence-electron chi connectivity index (χ0n) is 10.2. The quantitative estimate of drug-likeness (QED) is 0.556. The van der Waals surface area contributed by atoms with Crippen LogP contribution in [0.5, 0.6) is 0 Å². The Bertz CT molecular complexity index is 274. The van der Waals surface area contributed by atoms with Crippen molar-refractivity contribution in [3.63, 3.8) is 0 Å². The molecule has 1 aliphatic rings. The molecule has 0 spiro atoms. The molecule has 0 heterocycles. The summed E-state index contributed by atoms with van der Waals surface area (Å²) in [7, 11) is 1.93. The average Bonchev–Trinajstić information content (AvgIpc) is 2.09. The third-order valence-corrected chi connectivity index (χ3v) is 2.96. The van der Waals surface area contributed by atoms with Crippen molar-refractivity contribution in [1.29, 1.82) is 0 Å². The fraction of sp³-hybridized carbons (Fsp3) is 0.750. The first-order valence-corrected chi connectivity index (χ1v) is 6.03. The number of nitrogens with one attached hydrogen (secondary N) is 2. The Hall–Kier alpha value is -0.570. The monoisotopic (exact) mass is 226 g/mol. The van der Waals surface area contributed by atoms with Crippen LogP contribution in [0.1, 0.15) is 40.0 Å². The minimum Gasteiger partial charge on any atom is -0.386 e. The molecule has 0 fully saturated rings. The van der Waals surface area contributed by atoms with E-state index in [-0.39, 0.29) is 0 Å². The Morgan fingerprint density at radius 1 is 1.33 bits per heavy atom. The third kappa shape index (κ3) is 3.82. The van der Waals surface area contributed by atoms with Gasteiger partial charge >= 0.3 is 0 Å². The predicted molar refractivity (Wildman–Crippen MR) is 70.0 cm³/mol. The van der Waals surface area contributed by atoms with Gasteiger partial charge in [0.1, 0.15) is 0 Å². The van der Waals surface area contributed by atoms with E-state index >= 15 is 0 Å². The number of hydrogen-bond donors (Lipinski definition) is 2. The van der Waals surface area contributed by atoms with Crippen LogP contribution in [-0.2, 0) is 0 Å². The maximum absolute atomic E-state index is 5.16. The number of allylic oxidation sites excluding steroid dienone is 2. The van der Waals surface area contributed by atoms with Gasteiger partial charge in [-0.3, -0.25) is 0 Å². The number of hydrogen-bond acceptors (Lipinski definition) is 3. The first-order chi connectivity index (χ1) is 6.94. The van der Waals surface area contributed by atoms with E-state index < -0.39 is 0 Å². The molecule has 0 amide bonds. The van der Waals surface area contributed by atoms with Gasteiger partial charge in [0.2, 0.25) is 0 Å². The molecule has 0 saturated carbocycles. The summed E-state index contributed by atoms with van der Waals surface area (Å²) in [4.78, 5) is 1.05. The Kier molecular flexibility index (Phi) is 4.14. The Balaban J connectivity index is 2.22. The lowest BCUT2D eigenvalue weighted by molar-refractivity contribution is 0.363. The van der Waals surface area contributed by atoms with Crippen molar-refractivity contribution in [2.75, 3.05) is 13.6 Å². The molecule has 0 aliphatic heterocycles. The van der Waals surface area contributed by atoms with E-state index in [0.29, 0.717) is 5.41 Å². The summed E-state index contributed by atoms with van der Waals surface area (Å²) in [6.45, 7) is 7.90. The number of rotatable bonds is 5. The van der Waals surface area contributed by atoms with E-state index in [2.05, 4.69) is 31.4 Å². The van der Waals surface area contributed by atoms with Gasteiger partial charge < -0.3 is 10.6 Å². The lowest BCUT2D eigenvalue weighted by Gasteiger charge is -2.26. The van der Waals surface area contributed by atoms with Crippen LogP contribution in [-0.4, -0.2) is 18.5 Å². The summed E-state index contributed by atoms with van der Waals surface area (Å²) in [5, 5.41) is 6.59. The van der Waals surface area contributed by atoms with E-state index in [4.69, 9.17) is 12.2 Å². The molecule has 0 aromatic rings. The minimum atomic E-state index is 0.441. The van der Waals surface area contributed by atoms with Gasteiger partial charge in [-0.2, -0.15) is 0 Å². The molecule has 2 N–H and O–H groups in total. The Morgan fingerprint density at radius 2 is 2.00 bits per heavy atom. The molecule has 86 valence electrons. The zero-order chi connectivity index (χ0) is 11.5. The fourth-order valence-electron chi connectivity index (χ4n) is 1.70. The van der Waals surface area contributed by atoms with Gasteiger partial charge in [0, 0.05) is 30.6 Å². The highest BCUT2D eigenvalue weighted by Crippen LogP contribution is 2.22. The summed E-state index contributed by atoms with van der Waals surface area (Å²) in [6, 6.07) is 0. The molecule has 3 heteroatoms. The van der Waals surface area contributed by atoms with Crippen molar-refractivity contribution < 1.29 is 0 Å². The van der Waals surface area contributed by atoms with Gasteiger partial charge in [-0.25, -0.2) is 0 Å². The van der Waals surface area contributed by atoms with Crippen LogP contribution < -0.4 is 10.6 Å². The highest BCUT2D eigenvalue weighted by atomic mass is 32.1. The van der Waals surface area contributed by atoms with Crippen LogP contribution in [0.25, 0.3) is 0 Å². The third-order valence-electron chi connectivity index (χ3n) is 2.61. The van der Waals surface area contributed by atoms with Crippen LogP contribution in [0.15, 0.2) is 11.4 Å². The zero-order valence-corrected chi connectivity index (χ0v) is 11.1. The van der Waals surface area contributed by atoms with Crippen LogP contribution in [0.3, 0.4) is 0 Å². The molecule has 0 radical (unpaired) electrons. The van der Waals surface area contributed by atoms with E-state index in [1.165, 1.54) is 18.5 Å². The van der Waals surface area contributed by atoms with E-state index in [1.807, 2.05) is 7.05 Å². The summed E-state index contributed by atoms with van der Waals surface area (Å²) in [5.74, 6) is 0. The van der Waals surface area contributed by atoms with Gasteiger partial charge in [-0.15, -0.1) is 0 Å². The molecular weight excluding hydrogens is 204 g/mol. The van der Waals surface area contributed by atoms with Gasteiger partial charge in [-0.05, 0) is 18.3 Å². The summed E-state index contributed by atoms with van der Waals surface area (Å²) < 4.78 is 0. The highest BCUT2D eigenvalue weighted by molar-refractivity contribution is 7.81. The fourth-order valence-corrected chi connectivity index (χ4v) is 2.07. The second-order valence-corrected chi connectivity index (χ2v) is 5.79. The second-order valence-electron chi connectivity index (χ2n) is 5.29. The molecular formula is C12H22N2S. The van der Waals surface area contributed by atoms with Crippen LogP contribution >= 0.6 is 12.2 Å². The van der Waals surface area contributed by atoms with Gasteiger partial charge in [0.25, 0.3) is 0 Å². The van der Waals surface area contributed by atoms with Crippen molar-refractivity contribution in [2.24, 2.45) is 5.41 Å². The second kappa shape index (κ2) is 4.97. The normalized spacial score (nSPS) is 16.4. The maximum atomic E-state index is 5.16. The van der Waals surface area contributed by atoms with Crippen LogP contribution in [0, 0.1) is 5.41 Å². The van der Waals surface area contributed by atoms with Gasteiger partial charge in [0.05, 0.1) is 5.70 Å². The van der Waals surface area contributed by atoms with E-state index in [9.17, 15) is 0 Å².